The molecule has 2 bridgehead atoms. The monoisotopic (exact) mass is 288 g/mol. The highest BCUT2D eigenvalue weighted by atomic mass is 16.6. The van der Waals surface area contributed by atoms with Crippen LogP contribution >= 0.6 is 0 Å². The molecular weight excluding hydrogens is 272 g/mol. The molecule has 4 rings (SSSR count). The highest BCUT2D eigenvalue weighted by Crippen LogP contribution is 2.66. The lowest BCUT2D eigenvalue weighted by molar-refractivity contribution is -0.384. The zero-order chi connectivity index (χ0) is 14.7. The number of para-hydroxylation sites is 1. The zero-order valence-corrected chi connectivity index (χ0v) is 11.4. The van der Waals surface area contributed by atoms with Gasteiger partial charge in [0.05, 0.1) is 10.5 Å². The van der Waals surface area contributed by atoms with Crippen LogP contribution in [0.3, 0.4) is 0 Å². The van der Waals surface area contributed by atoms with Crippen molar-refractivity contribution in [2.75, 3.05) is 5.32 Å². The van der Waals surface area contributed by atoms with E-state index in [4.69, 9.17) is 0 Å². The van der Waals surface area contributed by atoms with Crippen molar-refractivity contribution in [2.45, 2.75) is 25.3 Å². The molecule has 3 fully saturated rings. The number of anilines is 1. The van der Waals surface area contributed by atoms with Gasteiger partial charge in [0.1, 0.15) is 5.69 Å². The summed E-state index contributed by atoms with van der Waals surface area (Å²) in [7, 11) is 0. The molecule has 4 atom stereocenters. The molecule has 1 aromatic rings. The number of carbonyl (C=O) groups is 1. The summed E-state index contributed by atoms with van der Waals surface area (Å²) < 4.78 is 0. The van der Waals surface area contributed by atoms with Gasteiger partial charge >= 0.3 is 5.97 Å². The largest absolute Gasteiger partial charge is 0.478 e. The Bertz CT molecular complexity index is 596. The maximum atomic E-state index is 11.3. The maximum Gasteiger partial charge on any atom is 0.338 e. The van der Waals surface area contributed by atoms with E-state index in [1.165, 1.54) is 37.5 Å². The van der Waals surface area contributed by atoms with E-state index in [1.54, 1.807) is 0 Å². The van der Waals surface area contributed by atoms with Gasteiger partial charge in [0.25, 0.3) is 5.69 Å². The molecule has 0 saturated heterocycles. The van der Waals surface area contributed by atoms with Gasteiger partial charge in [-0.1, -0.05) is 6.07 Å². The number of benzene rings is 1. The van der Waals surface area contributed by atoms with Crippen molar-refractivity contribution in [3.8, 4) is 0 Å². The molecule has 6 heteroatoms. The number of nitrogens with one attached hydrogen (secondary N) is 1. The van der Waals surface area contributed by atoms with Crippen LogP contribution in [0.5, 0.6) is 0 Å². The van der Waals surface area contributed by atoms with Gasteiger partial charge in [-0.25, -0.2) is 4.79 Å². The van der Waals surface area contributed by atoms with Crippen molar-refractivity contribution in [2.24, 2.45) is 23.7 Å². The van der Waals surface area contributed by atoms with E-state index in [-0.39, 0.29) is 23.0 Å². The molecule has 21 heavy (non-hydrogen) atoms. The van der Waals surface area contributed by atoms with Gasteiger partial charge in [0.2, 0.25) is 0 Å². The average molecular weight is 288 g/mol. The summed E-state index contributed by atoms with van der Waals surface area (Å²) in [6.45, 7) is 0. The smallest absolute Gasteiger partial charge is 0.338 e. The second-order valence-electron chi connectivity index (χ2n) is 6.42. The van der Waals surface area contributed by atoms with Crippen molar-refractivity contribution in [1.82, 2.24) is 0 Å². The molecular formula is C15H16N2O4. The Labute approximate surface area is 121 Å². The zero-order valence-electron chi connectivity index (χ0n) is 11.4. The Balaban J connectivity index is 1.66. The fraction of sp³-hybridized carbons (Fsp3) is 0.533. The highest BCUT2D eigenvalue weighted by molar-refractivity contribution is 5.97. The van der Waals surface area contributed by atoms with E-state index < -0.39 is 10.9 Å². The number of hydrogen-bond donors (Lipinski definition) is 2. The second-order valence-corrected chi connectivity index (χ2v) is 6.42. The first-order valence-electron chi connectivity index (χ1n) is 7.35. The molecule has 0 amide bonds. The van der Waals surface area contributed by atoms with Crippen LogP contribution in [0.2, 0.25) is 0 Å². The first-order chi connectivity index (χ1) is 10.1. The van der Waals surface area contributed by atoms with Gasteiger partial charge in [-0.05, 0) is 49.0 Å². The fourth-order valence-corrected chi connectivity index (χ4v) is 4.71. The third-order valence-electron chi connectivity index (χ3n) is 5.52. The number of nitro groups is 1. The van der Waals surface area contributed by atoms with Crippen LogP contribution in [0.15, 0.2) is 18.2 Å². The Morgan fingerprint density at radius 3 is 2.52 bits per heavy atom. The lowest BCUT2D eigenvalue weighted by Gasteiger charge is -2.13. The minimum Gasteiger partial charge on any atom is -0.478 e. The van der Waals surface area contributed by atoms with Gasteiger partial charge in [-0.2, -0.15) is 0 Å². The fourth-order valence-electron chi connectivity index (χ4n) is 4.71. The summed E-state index contributed by atoms with van der Waals surface area (Å²) in [6, 6.07) is 4.42. The normalized spacial score (nSPS) is 35.3. The van der Waals surface area contributed by atoms with Crippen LogP contribution in [0.1, 0.15) is 29.6 Å². The van der Waals surface area contributed by atoms with Crippen LogP contribution in [0.25, 0.3) is 0 Å². The Morgan fingerprint density at radius 2 is 1.95 bits per heavy atom. The quantitative estimate of drug-likeness (QED) is 0.656. The minimum atomic E-state index is -1.13. The summed E-state index contributed by atoms with van der Waals surface area (Å²) in [5.74, 6) is 1.51. The third-order valence-corrected chi connectivity index (χ3v) is 5.52. The van der Waals surface area contributed by atoms with Gasteiger partial charge in [0, 0.05) is 12.1 Å². The molecule has 0 aromatic heterocycles. The number of aromatic carboxylic acids is 1. The van der Waals surface area contributed by atoms with Crippen LogP contribution in [0, 0.1) is 33.8 Å². The summed E-state index contributed by atoms with van der Waals surface area (Å²) in [5.41, 5.74) is 0.0162. The highest BCUT2D eigenvalue weighted by Gasteiger charge is 2.65. The molecule has 3 aliphatic carbocycles. The standard InChI is InChI=1S/C15H16N2O4/c18-15(19)9-2-1-3-10(17(20)21)13(9)16-14-11-7-4-5-8(6-7)12(11)14/h1-3,7-8,11-12,14,16H,4-6H2,(H,18,19). The average Bonchev–Trinajstić information content (AvgIpc) is 2.83. The van der Waals surface area contributed by atoms with Crippen LogP contribution in [0.4, 0.5) is 11.4 Å². The molecule has 1 aromatic carbocycles. The van der Waals surface area contributed by atoms with E-state index in [9.17, 15) is 20.0 Å². The van der Waals surface area contributed by atoms with Gasteiger partial charge in [-0.3, -0.25) is 10.1 Å². The SMILES string of the molecule is O=C(O)c1cccc([N+](=O)[O-])c1NC1C2C3CCC(C3)C12. The molecule has 4 unspecified atom stereocenters. The lowest BCUT2D eigenvalue weighted by atomic mass is 10.0. The minimum absolute atomic E-state index is 0.0125. The number of hydrogen-bond acceptors (Lipinski definition) is 4. The number of fused-ring (bicyclic) bond motifs is 5. The van der Waals surface area contributed by atoms with E-state index in [1.807, 2.05) is 0 Å². The van der Waals surface area contributed by atoms with Gasteiger partial charge in [-0.15, -0.1) is 0 Å². The van der Waals surface area contributed by atoms with Crippen molar-refractivity contribution < 1.29 is 14.8 Å². The van der Waals surface area contributed by atoms with Crippen LogP contribution < -0.4 is 5.32 Å². The van der Waals surface area contributed by atoms with Crippen molar-refractivity contribution in [1.29, 1.82) is 0 Å². The summed E-state index contributed by atoms with van der Waals surface area (Å²) >= 11 is 0. The first-order valence-corrected chi connectivity index (χ1v) is 7.35. The predicted octanol–water partition coefficient (Wildman–Crippen LogP) is 2.75. The molecule has 110 valence electrons. The number of carboxylic acids is 1. The third kappa shape index (κ3) is 1.74. The van der Waals surface area contributed by atoms with E-state index >= 15 is 0 Å². The first kappa shape index (κ1) is 12.6. The molecule has 0 radical (unpaired) electrons. The Kier molecular flexibility index (Phi) is 2.52. The molecule has 6 nitrogen and oxygen atoms in total. The van der Waals surface area contributed by atoms with Crippen molar-refractivity contribution in [3.05, 3.63) is 33.9 Å². The predicted molar refractivity (Wildman–Crippen MR) is 75.3 cm³/mol. The number of carboxylic acid groups (broad SMARTS) is 1. The molecule has 0 spiro atoms. The summed E-state index contributed by atoms with van der Waals surface area (Å²) in [6.07, 6.45) is 3.80. The maximum absolute atomic E-state index is 11.3. The van der Waals surface area contributed by atoms with Gasteiger partial charge in [0.15, 0.2) is 0 Å². The van der Waals surface area contributed by atoms with Crippen LogP contribution in [-0.2, 0) is 0 Å². The number of nitro benzene ring substituents is 1. The van der Waals surface area contributed by atoms with E-state index in [2.05, 4.69) is 5.32 Å². The van der Waals surface area contributed by atoms with Crippen LogP contribution in [-0.4, -0.2) is 22.0 Å². The second kappa shape index (κ2) is 4.19. The molecule has 0 heterocycles. The van der Waals surface area contributed by atoms with Gasteiger partial charge < -0.3 is 10.4 Å². The Morgan fingerprint density at radius 1 is 1.29 bits per heavy atom. The Hall–Kier alpha value is -2.11. The number of rotatable bonds is 4. The molecule has 3 saturated carbocycles. The summed E-state index contributed by atoms with van der Waals surface area (Å²) in [4.78, 5) is 22.0. The molecule has 2 N–H and O–H groups in total. The van der Waals surface area contributed by atoms with E-state index in [0.717, 1.165) is 11.8 Å². The lowest BCUT2D eigenvalue weighted by Crippen LogP contribution is -2.16. The molecule has 3 aliphatic rings. The topological polar surface area (TPSA) is 92.5 Å². The number of nitrogens with zero attached hydrogens (tertiary/aromatic N) is 1. The summed E-state index contributed by atoms with van der Waals surface area (Å²) in [5, 5.41) is 23.6. The van der Waals surface area contributed by atoms with E-state index in [0.29, 0.717) is 11.8 Å². The van der Waals surface area contributed by atoms with Crippen molar-refractivity contribution in [3.63, 3.8) is 0 Å². The van der Waals surface area contributed by atoms with Crippen molar-refractivity contribution >= 4 is 17.3 Å². The molecule has 0 aliphatic heterocycles.